The molecule has 4 fully saturated rings. The molecule has 0 aliphatic heterocycles. The predicted molar refractivity (Wildman–Crippen MR) is 128 cm³/mol. The summed E-state index contributed by atoms with van der Waals surface area (Å²) >= 11 is 6.02. The van der Waals surface area contributed by atoms with Gasteiger partial charge in [-0.3, -0.25) is 14.9 Å². The van der Waals surface area contributed by atoms with E-state index in [4.69, 9.17) is 16.3 Å². The molecule has 1 N–H and O–H groups in total. The number of amides is 1. The van der Waals surface area contributed by atoms with Gasteiger partial charge in [0.25, 0.3) is 5.69 Å². The molecular weight excluding hydrogens is 489 g/mol. The number of ether oxygens (including phenoxy) is 1. The van der Waals surface area contributed by atoms with Crippen LogP contribution in [0.3, 0.4) is 0 Å². The van der Waals surface area contributed by atoms with Crippen LogP contribution in [0.2, 0.25) is 5.28 Å². The lowest BCUT2D eigenvalue weighted by atomic mass is 9.46. The van der Waals surface area contributed by atoms with Gasteiger partial charge >= 0.3 is 0 Å². The summed E-state index contributed by atoms with van der Waals surface area (Å²) < 4.78 is 20.8. The molecule has 4 aliphatic rings. The molecule has 3 aromatic rings. The van der Waals surface area contributed by atoms with Gasteiger partial charge in [-0.05, 0) is 86.2 Å². The number of nitro groups is 1. The van der Waals surface area contributed by atoms with Crippen molar-refractivity contribution in [2.75, 3.05) is 5.32 Å². The number of aromatic nitrogens is 3. The van der Waals surface area contributed by atoms with Gasteiger partial charge in [-0.1, -0.05) is 0 Å². The predicted octanol–water partition coefficient (Wildman–Crippen LogP) is 5.71. The van der Waals surface area contributed by atoms with E-state index in [1.807, 2.05) is 4.68 Å². The molecule has 0 unspecified atom stereocenters. The van der Waals surface area contributed by atoms with Gasteiger partial charge < -0.3 is 10.1 Å². The Morgan fingerprint density at radius 1 is 1.14 bits per heavy atom. The lowest BCUT2D eigenvalue weighted by Gasteiger charge is -2.60. The molecule has 7 rings (SSSR count). The number of benzene rings is 2. The van der Waals surface area contributed by atoms with Crippen molar-refractivity contribution in [1.29, 1.82) is 0 Å². The summed E-state index contributed by atoms with van der Waals surface area (Å²) in [5, 5.41) is 19.1. The quantitative estimate of drug-likeness (QED) is 0.335. The van der Waals surface area contributed by atoms with Crippen LogP contribution in [0.15, 0.2) is 48.8 Å². The molecule has 4 saturated carbocycles. The van der Waals surface area contributed by atoms with E-state index < -0.39 is 16.2 Å². The Bertz CT molecular complexity index is 1350. The molecular formula is C25H23ClFN5O4. The van der Waals surface area contributed by atoms with E-state index in [0.29, 0.717) is 24.0 Å². The van der Waals surface area contributed by atoms with Gasteiger partial charge in [0.1, 0.15) is 23.6 Å². The van der Waals surface area contributed by atoms with Gasteiger partial charge in [-0.2, -0.15) is 0 Å². The average molecular weight is 512 g/mol. The number of nitro benzene ring substituents is 1. The van der Waals surface area contributed by atoms with Gasteiger partial charge in [0, 0.05) is 12.1 Å². The lowest BCUT2D eigenvalue weighted by molar-refractivity contribution is -0.384. The monoisotopic (exact) mass is 511 g/mol. The van der Waals surface area contributed by atoms with Gasteiger partial charge in [-0.15, -0.1) is 5.10 Å². The highest BCUT2D eigenvalue weighted by Crippen LogP contribution is 2.64. The SMILES string of the molecule is O=C(Nc1cc(Oc2ccc(F)cc2)cc([N+](=O)[O-])c1)C12C[C@@H]3C[C@@H](C1)CC(n1cnc(Cl)n1)(C3)C2. The van der Waals surface area contributed by atoms with E-state index in [9.17, 15) is 19.3 Å². The Hall–Kier alpha value is -3.53. The second-order valence-electron chi connectivity index (χ2n) is 10.4. The highest BCUT2D eigenvalue weighted by molar-refractivity contribution is 6.28. The van der Waals surface area contributed by atoms with Crippen molar-refractivity contribution in [2.45, 2.75) is 44.1 Å². The smallest absolute Gasteiger partial charge is 0.275 e. The number of hydrogen-bond donors (Lipinski definition) is 1. The maximum absolute atomic E-state index is 13.8. The first kappa shape index (κ1) is 22.9. The third kappa shape index (κ3) is 3.99. The van der Waals surface area contributed by atoms with E-state index in [1.54, 1.807) is 12.4 Å². The van der Waals surface area contributed by atoms with Crippen LogP contribution < -0.4 is 10.1 Å². The van der Waals surface area contributed by atoms with Crippen molar-refractivity contribution in [1.82, 2.24) is 14.8 Å². The summed E-state index contributed by atoms with van der Waals surface area (Å²) in [6, 6.07) is 9.47. The van der Waals surface area contributed by atoms with Crippen molar-refractivity contribution < 1.29 is 18.8 Å². The molecule has 2 aromatic carbocycles. The Balaban J connectivity index is 1.29. The number of carbonyl (C=O) groups is 1. The van der Waals surface area contributed by atoms with Crippen LogP contribution in [0.4, 0.5) is 15.8 Å². The molecule has 0 spiro atoms. The van der Waals surface area contributed by atoms with Crippen molar-refractivity contribution >= 4 is 28.9 Å². The van der Waals surface area contributed by atoms with E-state index in [1.165, 1.54) is 36.4 Å². The fourth-order valence-corrected chi connectivity index (χ4v) is 7.07. The molecule has 1 aromatic heterocycles. The molecule has 0 saturated heterocycles. The first-order valence-electron chi connectivity index (χ1n) is 11.8. The molecule has 1 amide bonds. The number of carbonyl (C=O) groups excluding carboxylic acids is 1. The Morgan fingerprint density at radius 3 is 2.50 bits per heavy atom. The molecule has 0 radical (unpaired) electrons. The Labute approximate surface area is 210 Å². The van der Waals surface area contributed by atoms with Gasteiger partial charge in [0.05, 0.1) is 27.6 Å². The average Bonchev–Trinajstić information content (AvgIpc) is 3.27. The zero-order valence-electron chi connectivity index (χ0n) is 19.2. The van der Waals surface area contributed by atoms with Gasteiger partial charge in [0.2, 0.25) is 11.2 Å². The summed E-state index contributed by atoms with van der Waals surface area (Å²) in [6.45, 7) is 0. The van der Waals surface area contributed by atoms with Crippen molar-refractivity contribution in [3.63, 3.8) is 0 Å². The number of anilines is 1. The lowest BCUT2D eigenvalue weighted by Crippen LogP contribution is -2.60. The molecule has 4 aliphatic carbocycles. The summed E-state index contributed by atoms with van der Waals surface area (Å²) in [4.78, 5) is 28.9. The minimum Gasteiger partial charge on any atom is -0.457 e. The number of halogens is 2. The molecule has 186 valence electrons. The minimum atomic E-state index is -0.606. The van der Waals surface area contributed by atoms with E-state index in [-0.39, 0.29) is 33.9 Å². The third-order valence-electron chi connectivity index (χ3n) is 7.87. The fourth-order valence-electron chi connectivity index (χ4n) is 6.94. The largest absolute Gasteiger partial charge is 0.457 e. The van der Waals surface area contributed by atoms with Gasteiger partial charge in [0.15, 0.2) is 0 Å². The minimum absolute atomic E-state index is 0.152. The highest BCUT2D eigenvalue weighted by Gasteiger charge is 2.61. The van der Waals surface area contributed by atoms with Crippen LogP contribution in [0.25, 0.3) is 0 Å². The first-order valence-corrected chi connectivity index (χ1v) is 12.2. The van der Waals surface area contributed by atoms with Crippen molar-refractivity contribution in [3.8, 4) is 11.5 Å². The zero-order valence-corrected chi connectivity index (χ0v) is 19.9. The summed E-state index contributed by atoms with van der Waals surface area (Å²) in [6.07, 6.45) is 6.77. The van der Waals surface area contributed by atoms with E-state index >= 15 is 0 Å². The molecule has 4 bridgehead atoms. The second kappa shape index (κ2) is 8.26. The third-order valence-corrected chi connectivity index (χ3v) is 8.04. The van der Waals surface area contributed by atoms with Crippen LogP contribution in [0.5, 0.6) is 11.5 Å². The number of hydrogen-bond acceptors (Lipinski definition) is 6. The fraction of sp³-hybridized carbons (Fsp3) is 0.400. The maximum atomic E-state index is 13.8. The van der Waals surface area contributed by atoms with Crippen LogP contribution >= 0.6 is 11.6 Å². The summed E-state index contributed by atoms with van der Waals surface area (Å²) in [5.74, 6) is 0.704. The number of nitrogens with one attached hydrogen (secondary N) is 1. The summed E-state index contributed by atoms with van der Waals surface area (Å²) in [7, 11) is 0. The van der Waals surface area contributed by atoms with Crippen molar-refractivity contribution in [2.24, 2.45) is 17.3 Å². The normalized spacial score (nSPS) is 28.2. The zero-order chi connectivity index (χ0) is 25.1. The molecule has 1 heterocycles. The van der Waals surface area contributed by atoms with Crippen LogP contribution in [-0.2, 0) is 10.3 Å². The van der Waals surface area contributed by atoms with Gasteiger partial charge in [-0.25, -0.2) is 14.1 Å². The standard InChI is InChI=1S/C25H23ClFN5O4/c26-23-28-14-31(30-23)25-11-15-5-16(12-25)10-24(9-15,13-25)22(33)29-18-6-19(32(34)35)8-21(7-18)36-20-3-1-17(27)2-4-20/h1-4,6-8,14-16H,5,9-13H2,(H,29,33)/t15-,16-,24?,25?/m0/s1. The van der Waals surface area contributed by atoms with Crippen LogP contribution in [-0.4, -0.2) is 25.6 Å². The number of rotatable bonds is 6. The molecule has 36 heavy (non-hydrogen) atoms. The van der Waals surface area contributed by atoms with E-state index in [0.717, 1.165) is 32.1 Å². The van der Waals surface area contributed by atoms with Crippen LogP contribution in [0.1, 0.15) is 38.5 Å². The molecule has 11 heteroatoms. The van der Waals surface area contributed by atoms with Crippen molar-refractivity contribution in [3.05, 3.63) is 70.0 Å². The van der Waals surface area contributed by atoms with Crippen LogP contribution in [0, 0.1) is 33.2 Å². The molecule has 2 atom stereocenters. The maximum Gasteiger partial charge on any atom is 0.275 e. The first-order chi connectivity index (χ1) is 17.2. The second-order valence-corrected chi connectivity index (χ2v) is 10.7. The Morgan fingerprint density at radius 2 is 1.86 bits per heavy atom. The molecule has 9 nitrogen and oxygen atoms in total. The number of non-ortho nitro benzene ring substituents is 1. The number of nitrogens with zero attached hydrogens (tertiary/aromatic N) is 4. The summed E-state index contributed by atoms with van der Waals surface area (Å²) in [5.41, 5.74) is -0.851. The highest BCUT2D eigenvalue weighted by atomic mass is 35.5. The Kier molecular flexibility index (Phi) is 5.26. The topological polar surface area (TPSA) is 112 Å². The van der Waals surface area contributed by atoms with E-state index in [2.05, 4.69) is 15.4 Å².